The average Bonchev–Trinajstić information content (AvgIpc) is 2.89. The number of furan rings is 1. The minimum absolute atomic E-state index is 0.0806. The second-order valence-electron chi connectivity index (χ2n) is 3.78. The number of nitrogens with two attached hydrogens (primary N) is 1. The molecule has 0 radical (unpaired) electrons. The van der Waals surface area contributed by atoms with Gasteiger partial charge in [0.1, 0.15) is 5.76 Å². The Balaban J connectivity index is 2.11. The Bertz CT molecular complexity index is 439. The summed E-state index contributed by atoms with van der Waals surface area (Å²) in [6.45, 7) is 0. The Morgan fingerprint density at radius 3 is 2.59 bits per heavy atom. The van der Waals surface area contributed by atoms with Gasteiger partial charge in [-0.15, -0.1) is 11.8 Å². The van der Waals surface area contributed by atoms with Crippen LogP contribution in [0.4, 0.5) is 0 Å². The second-order valence-corrected chi connectivity index (χ2v) is 4.66. The van der Waals surface area contributed by atoms with Crippen molar-refractivity contribution in [3.8, 4) is 0 Å². The maximum absolute atomic E-state index is 5.60. The molecular formula is C13H16N2OS. The molecule has 1 heterocycles. The van der Waals surface area contributed by atoms with Crippen molar-refractivity contribution < 1.29 is 4.42 Å². The van der Waals surface area contributed by atoms with Crippen molar-refractivity contribution >= 4 is 11.8 Å². The fraction of sp³-hybridized carbons (Fsp3) is 0.231. The normalized spacial score (nSPS) is 12.6. The molecule has 3 N–H and O–H groups in total. The van der Waals surface area contributed by atoms with E-state index in [0.717, 1.165) is 12.2 Å². The zero-order valence-electron chi connectivity index (χ0n) is 9.72. The van der Waals surface area contributed by atoms with E-state index in [0.29, 0.717) is 0 Å². The highest BCUT2D eigenvalue weighted by Crippen LogP contribution is 2.21. The first-order chi connectivity index (χ1) is 8.33. The van der Waals surface area contributed by atoms with Crippen molar-refractivity contribution in [1.82, 2.24) is 5.43 Å². The van der Waals surface area contributed by atoms with Gasteiger partial charge in [0.15, 0.2) is 0 Å². The van der Waals surface area contributed by atoms with Gasteiger partial charge in [-0.05, 0) is 36.1 Å². The maximum atomic E-state index is 5.60. The van der Waals surface area contributed by atoms with Gasteiger partial charge in [-0.1, -0.05) is 12.1 Å². The van der Waals surface area contributed by atoms with E-state index in [9.17, 15) is 0 Å². The molecule has 0 fully saturated rings. The lowest BCUT2D eigenvalue weighted by Crippen LogP contribution is -2.29. The van der Waals surface area contributed by atoms with Crippen LogP contribution in [-0.4, -0.2) is 6.26 Å². The Morgan fingerprint density at radius 1 is 1.29 bits per heavy atom. The van der Waals surface area contributed by atoms with Crippen molar-refractivity contribution in [2.75, 3.05) is 6.26 Å². The predicted molar refractivity (Wildman–Crippen MR) is 70.7 cm³/mol. The molecule has 1 unspecified atom stereocenters. The van der Waals surface area contributed by atoms with E-state index in [2.05, 4.69) is 35.9 Å². The van der Waals surface area contributed by atoms with Crippen LogP contribution < -0.4 is 11.3 Å². The Labute approximate surface area is 105 Å². The zero-order valence-corrected chi connectivity index (χ0v) is 10.5. The van der Waals surface area contributed by atoms with Gasteiger partial charge in [0.2, 0.25) is 0 Å². The van der Waals surface area contributed by atoms with Crippen LogP contribution in [-0.2, 0) is 6.42 Å². The Hall–Kier alpha value is -1.23. The molecule has 0 saturated heterocycles. The molecule has 0 spiro atoms. The molecular weight excluding hydrogens is 232 g/mol. The van der Waals surface area contributed by atoms with E-state index in [-0.39, 0.29) is 6.04 Å². The molecule has 2 rings (SSSR count). The smallest absolute Gasteiger partial charge is 0.105 e. The van der Waals surface area contributed by atoms with Crippen LogP contribution in [0.5, 0.6) is 0 Å². The summed E-state index contributed by atoms with van der Waals surface area (Å²) in [6.07, 6.45) is 4.50. The van der Waals surface area contributed by atoms with Crippen LogP contribution in [0.2, 0.25) is 0 Å². The van der Waals surface area contributed by atoms with Crippen LogP contribution in [0.15, 0.2) is 52.0 Å². The van der Waals surface area contributed by atoms with E-state index in [1.54, 1.807) is 18.0 Å². The number of hydrogen-bond donors (Lipinski definition) is 2. The number of hydrazine groups is 1. The van der Waals surface area contributed by atoms with Crippen molar-refractivity contribution in [3.05, 3.63) is 54.0 Å². The maximum Gasteiger partial charge on any atom is 0.105 e. The number of thioether (sulfide) groups is 1. The minimum Gasteiger partial charge on any atom is -0.469 e. The van der Waals surface area contributed by atoms with Crippen LogP contribution in [0.25, 0.3) is 0 Å². The molecule has 0 saturated carbocycles. The fourth-order valence-electron chi connectivity index (χ4n) is 1.74. The lowest BCUT2D eigenvalue weighted by atomic mass is 10.0. The number of nitrogens with one attached hydrogen (secondary N) is 1. The molecule has 2 aromatic rings. The first kappa shape index (κ1) is 12.2. The number of hydrogen-bond acceptors (Lipinski definition) is 4. The highest BCUT2D eigenvalue weighted by molar-refractivity contribution is 7.98. The summed E-state index contributed by atoms with van der Waals surface area (Å²) in [7, 11) is 0. The van der Waals surface area contributed by atoms with Crippen molar-refractivity contribution in [3.63, 3.8) is 0 Å². The minimum atomic E-state index is 0.0806. The summed E-state index contributed by atoms with van der Waals surface area (Å²) in [5.74, 6) is 6.53. The molecule has 0 aliphatic carbocycles. The third kappa shape index (κ3) is 3.12. The van der Waals surface area contributed by atoms with Gasteiger partial charge >= 0.3 is 0 Å². The molecule has 1 aromatic heterocycles. The monoisotopic (exact) mass is 248 g/mol. The van der Waals surface area contributed by atoms with Crippen molar-refractivity contribution in [1.29, 1.82) is 0 Å². The van der Waals surface area contributed by atoms with Gasteiger partial charge in [0.25, 0.3) is 0 Å². The van der Waals surface area contributed by atoms with Gasteiger partial charge in [-0.2, -0.15) is 0 Å². The summed E-state index contributed by atoms with van der Waals surface area (Å²) in [6, 6.07) is 12.3. The van der Waals surface area contributed by atoms with Crippen LogP contribution >= 0.6 is 11.8 Å². The average molecular weight is 248 g/mol. The summed E-state index contributed by atoms with van der Waals surface area (Å²) in [5.41, 5.74) is 4.00. The topological polar surface area (TPSA) is 51.2 Å². The van der Waals surface area contributed by atoms with Gasteiger partial charge in [-0.3, -0.25) is 11.3 Å². The number of rotatable bonds is 5. The van der Waals surface area contributed by atoms with Crippen molar-refractivity contribution in [2.24, 2.45) is 5.84 Å². The highest BCUT2D eigenvalue weighted by Gasteiger charge is 2.11. The third-order valence-electron chi connectivity index (χ3n) is 2.70. The Kier molecular flexibility index (Phi) is 4.25. The SMILES string of the molecule is CSc1ccc(C(Cc2ccco2)NN)cc1. The molecule has 3 nitrogen and oxygen atoms in total. The zero-order chi connectivity index (χ0) is 12.1. The number of benzene rings is 1. The third-order valence-corrected chi connectivity index (χ3v) is 3.45. The fourth-order valence-corrected chi connectivity index (χ4v) is 2.15. The molecule has 0 bridgehead atoms. The van der Waals surface area contributed by atoms with E-state index in [1.165, 1.54) is 10.5 Å². The summed E-state index contributed by atoms with van der Waals surface area (Å²) < 4.78 is 5.33. The first-order valence-corrected chi connectivity index (χ1v) is 6.68. The standard InChI is InChI=1S/C13H16N2OS/c1-17-12-6-4-10(5-7-12)13(15-14)9-11-3-2-8-16-11/h2-8,13,15H,9,14H2,1H3. The second kappa shape index (κ2) is 5.91. The van der Waals surface area contributed by atoms with Crippen molar-refractivity contribution in [2.45, 2.75) is 17.4 Å². The summed E-state index contributed by atoms with van der Waals surface area (Å²) in [5, 5.41) is 0. The van der Waals surface area contributed by atoms with E-state index in [1.807, 2.05) is 12.1 Å². The van der Waals surface area contributed by atoms with E-state index >= 15 is 0 Å². The molecule has 1 aromatic carbocycles. The molecule has 0 aliphatic rings. The van der Waals surface area contributed by atoms with Gasteiger partial charge in [0, 0.05) is 11.3 Å². The lowest BCUT2D eigenvalue weighted by molar-refractivity contribution is 0.454. The molecule has 4 heteroatoms. The molecule has 90 valence electrons. The van der Waals surface area contributed by atoms with Gasteiger partial charge in [0.05, 0.1) is 12.3 Å². The van der Waals surface area contributed by atoms with Gasteiger partial charge in [-0.25, -0.2) is 0 Å². The van der Waals surface area contributed by atoms with Crippen LogP contribution in [0.3, 0.4) is 0 Å². The molecule has 0 amide bonds. The quantitative estimate of drug-likeness (QED) is 0.485. The molecule has 17 heavy (non-hydrogen) atoms. The van der Waals surface area contributed by atoms with Crippen LogP contribution in [0.1, 0.15) is 17.4 Å². The lowest BCUT2D eigenvalue weighted by Gasteiger charge is -2.15. The Morgan fingerprint density at radius 2 is 2.06 bits per heavy atom. The largest absolute Gasteiger partial charge is 0.469 e. The predicted octanol–water partition coefficient (Wildman–Crippen LogP) is 2.75. The first-order valence-electron chi connectivity index (χ1n) is 5.46. The van der Waals surface area contributed by atoms with Gasteiger partial charge < -0.3 is 4.42 Å². The summed E-state index contributed by atoms with van der Waals surface area (Å²) in [4.78, 5) is 1.25. The van der Waals surface area contributed by atoms with E-state index < -0.39 is 0 Å². The molecule has 1 atom stereocenters. The van der Waals surface area contributed by atoms with E-state index in [4.69, 9.17) is 10.3 Å². The molecule has 0 aliphatic heterocycles. The van der Waals surface area contributed by atoms with Crippen LogP contribution in [0, 0.1) is 0 Å². The highest BCUT2D eigenvalue weighted by atomic mass is 32.2. The summed E-state index contributed by atoms with van der Waals surface area (Å²) >= 11 is 1.73.